The second-order valence-electron chi connectivity index (χ2n) is 4.40. The Hall–Kier alpha value is -0.410. The molecule has 0 saturated heterocycles. The van der Waals surface area contributed by atoms with Crippen LogP contribution in [-0.2, 0) is 6.54 Å². The van der Waals surface area contributed by atoms with Gasteiger partial charge in [-0.15, -0.1) is 0 Å². The lowest BCUT2D eigenvalue weighted by Crippen LogP contribution is -2.40. The predicted octanol–water partition coefficient (Wildman–Crippen LogP) is 3.43. The van der Waals surface area contributed by atoms with E-state index in [4.69, 9.17) is 4.42 Å². The van der Waals surface area contributed by atoms with E-state index >= 15 is 0 Å². The molecule has 1 heterocycles. The lowest BCUT2D eigenvalue weighted by Gasteiger charge is -2.31. The zero-order chi connectivity index (χ0) is 11.2. The normalized spacial score (nSPS) is 25.8. The van der Waals surface area contributed by atoms with Gasteiger partial charge in [-0.1, -0.05) is 19.8 Å². The van der Waals surface area contributed by atoms with Crippen LogP contribution in [0.1, 0.15) is 38.2 Å². The van der Waals surface area contributed by atoms with Crippen LogP contribution in [0.4, 0.5) is 0 Å². The molecule has 1 aromatic heterocycles. The highest BCUT2D eigenvalue weighted by atomic mass is 32.2. The van der Waals surface area contributed by atoms with E-state index in [1.54, 1.807) is 6.26 Å². The molecule has 0 radical (unpaired) electrons. The SMILES string of the molecule is CCSC1CCCCC1NCc1ccoc1. The minimum atomic E-state index is 0.689. The monoisotopic (exact) mass is 239 g/mol. The van der Waals surface area contributed by atoms with Gasteiger partial charge in [0.15, 0.2) is 0 Å². The summed E-state index contributed by atoms with van der Waals surface area (Å²) in [5.41, 5.74) is 1.26. The van der Waals surface area contributed by atoms with Gasteiger partial charge in [-0.25, -0.2) is 0 Å². The number of rotatable bonds is 5. The molecule has 1 N–H and O–H groups in total. The van der Waals surface area contributed by atoms with Crippen molar-refractivity contribution in [2.45, 2.75) is 50.4 Å². The number of furan rings is 1. The Labute approximate surface area is 102 Å². The summed E-state index contributed by atoms with van der Waals surface area (Å²) in [4.78, 5) is 0. The highest BCUT2D eigenvalue weighted by molar-refractivity contribution is 7.99. The Morgan fingerprint density at radius 2 is 2.31 bits per heavy atom. The van der Waals surface area contributed by atoms with Gasteiger partial charge in [-0.3, -0.25) is 0 Å². The van der Waals surface area contributed by atoms with E-state index in [1.165, 1.54) is 37.0 Å². The highest BCUT2D eigenvalue weighted by Gasteiger charge is 2.24. The first-order valence-corrected chi connectivity index (χ1v) is 7.31. The van der Waals surface area contributed by atoms with Gasteiger partial charge in [0.25, 0.3) is 0 Å². The van der Waals surface area contributed by atoms with Crippen molar-refractivity contribution in [2.24, 2.45) is 0 Å². The Morgan fingerprint density at radius 3 is 3.06 bits per heavy atom. The molecule has 2 unspecified atom stereocenters. The molecule has 1 fully saturated rings. The van der Waals surface area contributed by atoms with Crippen LogP contribution < -0.4 is 5.32 Å². The third kappa shape index (κ3) is 3.29. The quantitative estimate of drug-likeness (QED) is 0.852. The summed E-state index contributed by atoms with van der Waals surface area (Å²) >= 11 is 2.11. The molecule has 2 atom stereocenters. The van der Waals surface area contributed by atoms with Gasteiger partial charge in [-0.2, -0.15) is 11.8 Å². The van der Waals surface area contributed by atoms with E-state index in [9.17, 15) is 0 Å². The largest absolute Gasteiger partial charge is 0.472 e. The minimum Gasteiger partial charge on any atom is -0.472 e. The van der Waals surface area contributed by atoms with Crippen molar-refractivity contribution in [3.63, 3.8) is 0 Å². The Bertz CT molecular complexity index is 284. The highest BCUT2D eigenvalue weighted by Crippen LogP contribution is 2.28. The van der Waals surface area contributed by atoms with E-state index < -0.39 is 0 Å². The number of hydrogen-bond acceptors (Lipinski definition) is 3. The number of hydrogen-bond donors (Lipinski definition) is 1. The van der Waals surface area contributed by atoms with E-state index in [-0.39, 0.29) is 0 Å². The second kappa shape index (κ2) is 6.36. The minimum absolute atomic E-state index is 0.689. The molecular weight excluding hydrogens is 218 g/mol. The van der Waals surface area contributed by atoms with Crippen molar-refractivity contribution in [3.8, 4) is 0 Å². The average molecular weight is 239 g/mol. The van der Waals surface area contributed by atoms with Crippen LogP contribution in [0.15, 0.2) is 23.0 Å². The number of thioether (sulfide) groups is 1. The third-order valence-corrected chi connectivity index (χ3v) is 4.56. The van der Waals surface area contributed by atoms with Gasteiger partial charge in [0.1, 0.15) is 0 Å². The van der Waals surface area contributed by atoms with Crippen LogP contribution in [0.5, 0.6) is 0 Å². The first-order valence-electron chi connectivity index (χ1n) is 6.26. The summed E-state index contributed by atoms with van der Waals surface area (Å²) in [5, 5.41) is 4.49. The molecule has 1 aromatic rings. The van der Waals surface area contributed by atoms with Crippen molar-refractivity contribution >= 4 is 11.8 Å². The zero-order valence-electron chi connectivity index (χ0n) is 9.95. The number of nitrogens with one attached hydrogen (secondary N) is 1. The van der Waals surface area contributed by atoms with E-state index in [1.807, 2.05) is 12.3 Å². The fourth-order valence-electron chi connectivity index (χ4n) is 2.39. The maximum atomic E-state index is 5.08. The maximum absolute atomic E-state index is 5.08. The van der Waals surface area contributed by atoms with Crippen LogP contribution in [-0.4, -0.2) is 17.0 Å². The van der Waals surface area contributed by atoms with Crippen molar-refractivity contribution in [1.29, 1.82) is 0 Å². The van der Waals surface area contributed by atoms with Crippen molar-refractivity contribution in [3.05, 3.63) is 24.2 Å². The van der Waals surface area contributed by atoms with Crippen molar-refractivity contribution in [1.82, 2.24) is 5.32 Å². The van der Waals surface area contributed by atoms with Crippen LogP contribution in [0.25, 0.3) is 0 Å². The molecule has 1 saturated carbocycles. The molecule has 2 nitrogen and oxygen atoms in total. The molecule has 1 aliphatic carbocycles. The molecule has 16 heavy (non-hydrogen) atoms. The summed E-state index contributed by atoms with van der Waals surface area (Å²) in [5.74, 6) is 1.23. The summed E-state index contributed by atoms with van der Waals surface area (Å²) in [6.07, 6.45) is 9.07. The molecule has 2 rings (SSSR count). The summed E-state index contributed by atoms with van der Waals surface area (Å²) < 4.78 is 5.08. The molecule has 3 heteroatoms. The van der Waals surface area contributed by atoms with Crippen LogP contribution in [0.2, 0.25) is 0 Å². The van der Waals surface area contributed by atoms with Crippen LogP contribution >= 0.6 is 11.8 Å². The first-order chi connectivity index (χ1) is 7.90. The second-order valence-corrected chi connectivity index (χ2v) is 5.91. The van der Waals surface area contributed by atoms with Crippen molar-refractivity contribution in [2.75, 3.05) is 5.75 Å². The fourth-order valence-corrected chi connectivity index (χ4v) is 3.61. The smallest absolute Gasteiger partial charge is 0.0947 e. The molecule has 0 aromatic carbocycles. The Balaban J connectivity index is 1.81. The lowest BCUT2D eigenvalue weighted by molar-refractivity contribution is 0.382. The molecule has 1 aliphatic rings. The molecule has 0 spiro atoms. The van der Waals surface area contributed by atoms with Gasteiger partial charge in [0.05, 0.1) is 12.5 Å². The Morgan fingerprint density at radius 1 is 1.44 bits per heavy atom. The molecule has 90 valence electrons. The van der Waals surface area contributed by atoms with Gasteiger partial charge in [-0.05, 0) is 24.7 Å². The predicted molar refractivity (Wildman–Crippen MR) is 69.7 cm³/mol. The maximum Gasteiger partial charge on any atom is 0.0947 e. The first kappa shape index (κ1) is 12.1. The summed E-state index contributed by atoms with van der Waals surface area (Å²) in [6.45, 7) is 3.20. The summed E-state index contributed by atoms with van der Waals surface area (Å²) in [7, 11) is 0. The van der Waals surface area contributed by atoms with E-state index in [0.29, 0.717) is 6.04 Å². The van der Waals surface area contributed by atoms with Crippen molar-refractivity contribution < 1.29 is 4.42 Å². The topological polar surface area (TPSA) is 25.2 Å². The van der Waals surface area contributed by atoms with Gasteiger partial charge >= 0.3 is 0 Å². The van der Waals surface area contributed by atoms with E-state index in [0.717, 1.165) is 11.8 Å². The Kier molecular flexibility index (Phi) is 4.79. The van der Waals surface area contributed by atoms with Crippen LogP contribution in [0, 0.1) is 0 Å². The zero-order valence-corrected chi connectivity index (χ0v) is 10.8. The van der Waals surface area contributed by atoms with Crippen LogP contribution in [0.3, 0.4) is 0 Å². The third-order valence-electron chi connectivity index (χ3n) is 3.23. The molecule has 0 amide bonds. The van der Waals surface area contributed by atoms with Gasteiger partial charge < -0.3 is 9.73 Å². The molecule has 0 aliphatic heterocycles. The van der Waals surface area contributed by atoms with Gasteiger partial charge in [0.2, 0.25) is 0 Å². The van der Waals surface area contributed by atoms with E-state index in [2.05, 4.69) is 24.0 Å². The molecular formula is C13H21NOS. The lowest BCUT2D eigenvalue weighted by atomic mass is 9.95. The summed E-state index contributed by atoms with van der Waals surface area (Å²) in [6, 6.07) is 2.73. The standard InChI is InChI=1S/C13H21NOS/c1-2-16-13-6-4-3-5-12(13)14-9-11-7-8-15-10-11/h7-8,10,12-14H,2-6,9H2,1H3. The molecule has 0 bridgehead atoms. The fraction of sp³-hybridized carbons (Fsp3) is 0.692. The van der Waals surface area contributed by atoms with Gasteiger partial charge in [0, 0.05) is 23.4 Å². The average Bonchev–Trinajstić information content (AvgIpc) is 2.81.